The molecule has 170 valence electrons. The molecule has 3 amide bonds. The highest BCUT2D eigenvalue weighted by atomic mass is 16.5. The van der Waals surface area contributed by atoms with E-state index < -0.39 is 0 Å². The molecule has 0 radical (unpaired) electrons. The Hall–Kier alpha value is -3.75. The number of likely N-dealkylation sites (N-methyl/N-ethyl adjacent to an activating group) is 1. The van der Waals surface area contributed by atoms with E-state index >= 15 is 0 Å². The lowest BCUT2D eigenvalue weighted by atomic mass is 10.2. The van der Waals surface area contributed by atoms with Crippen LogP contribution >= 0.6 is 0 Å². The molecule has 3 rings (SSSR count). The Balaban J connectivity index is 1.51. The molecule has 0 aromatic heterocycles. The third-order valence-corrected chi connectivity index (χ3v) is 4.82. The Morgan fingerprint density at radius 1 is 1.09 bits per heavy atom. The van der Waals surface area contributed by atoms with E-state index in [0.717, 1.165) is 5.56 Å². The van der Waals surface area contributed by atoms with E-state index in [-0.39, 0.29) is 43.9 Å². The van der Waals surface area contributed by atoms with Crippen molar-refractivity contribution in [2.45, 2.75) is 19.9 Å². The number of fused-ring (bicyclic) bond motifs is 1. The van der Waals surface area contributed by atoms with Crippen LogP contribution in [0, 0.1) is 0 Å². The van der Waals surface area contributed by atoms with Crippen LogP contribution in [-0.2, 0) is 20.9 Å². The molecule has 9 nitrogen and oxygen atoms in total. The van der Waals surface area contributed by atoms with Crippen LogP contribution in [-0.4, -0.2) is 51.1 Å². The van der Waals surface area contributed by atoms with Crippen molar-refractivity contribution in [1.82, 2.24) is 10.6 Å². The molecule has 0 saturated heterocycles. The fraction of sp³-hybridized carbons (Fsp3) is 0.348. The van der Waals surface area contributed by atoms with E-state index in [2.05, 4.69) is 10.6 Å². The van der Waals surface area contributed by atoms with Crippen molar-refractivity contribution >= 4 is 23.4 Å². The molecule has 9 heteroatoms. The number of benzene rings is 2. The molecule has 0 unspecified atom stereocenters. The minimum atomic E-state index is -0.215. The predicted molar refractivity (Wildman–Crippen MR) is 118 cm³/mol. The summed E-state index contributed by atoms with van der Waals surface area (Å²) in [5, 5.41) is 5.50. The van der Waals surface area contributed by atoms with Crippen molar-refractivity contribution in [2.24, 2.45) is 0 Å². The van der Waals surface area contributed by atoms with Gasteiger partial charge in [0.25, 0.3) is 11.8 Å². The highest BCUT2D eigenvalue weighted by Crippen LogP contribution is 2.31. The van der Waals surface area contributed by atoms with Crippen molar-refractivity contribution < 1.29 is 28.6 Å². The number of ether oxygens (including phenoxy) is 3. The molecule has 0 bridgehead atoms. The number of hydrogen-bond acceptors (Lipinski definition) is 6. The minimum absolute atomic E-state index is 0.0348. The van der Waals surface area contributed by atoms with Crippen molar-refractivity contribution in [1.29, 1.82) is 0 Å². The van der Waals surface area contributed by atoms with Crippen molar-refractivity contribution in [2.75, 3.05) is 38.3 Å². The molecule has 0 atom stereocenters. The molecule has 2 N–H and O–H groups in total. The summed E-state index contributed by atoms with van der Waals surface area (Å²) in [6.45, 7) is 2.78. The highest BCUT2D eigenvalue weighted by molar-refractivity contribution is 5.98. The molecule has 1 aliphatic heterocycles. The Morgan fingerprint density at radius 3 is 2.69 bits per heavy atom. The van der Waals surface area contributed by atoms with E-state index in [9.17, 15) is 14.4 Å². The quantitative estimate of drug-likeness (QED) is 0.581. The Labute approximate surface area is 186 Å². The van der Waals surface area contributed by atoms with Gasteiger partial charge in [-0.1, -0.05) is 18.2 Å². The lowest BCUT2D eigenvalue weighted by Crippen LogP contribution is -2.41. The maximum atomic E-state index is 12.4. The summed E-state index contributed by atoms with van der Waals surface area (Å²) >= 11 is 0. The SMILES string of the molecule is CCNC(=O)COc1ccc(CNC(=O)CCN2C(=O)COc3ccccc32)cc1OC. The van der Waals surface area contributed by atoms with E-state index in [1.807, 2.05) is 19.1 Å². The lowest BCUT2D eigenvalue weighted by molar-refractivity contribution is -0.123. The monoisotopic (exact) mass is 441 g/mol. The van der Waals surface area contributed by atoms with Crippen LogP contribution in [0.25, 0.3) is 0 Å². The third-order valence-electron chi connectivity index (χ3n) is 4.82. The topological polar surface area (TPSA) is 106 Å². The maximum absolute atomic E-state index is 12.4. The molecule has 2 aromatic rings. The van der Waals surface area contributed by atoms with Gasteiger partial charge in [-0.25, -0.2) is 0 Å². The van der Waals surface area contributed by atoms with Gasteiger partial charge in [0, 0.05) is 26.1 Å². The van der Waals surface area contributed by atoms with Gasteiger partial charge in [0.15, 0.2) is 24.7 Å². The van der Waals surface area contributed by atoms with Gasteiger partial charge in [-0.05, 0) is 36.8 Å². The van der Waals surface area contributed by atoms with Crippen LogP contribution in [0.1, 0.15) is 18.9 Å². The molecule has 2 aromatic carbocycles. The smallest absolute Gasteiger partial charge is 0.265 e. The van der Waals surface area contributed by atoms with Crippen LogP contribution in [0.3, 0.4) is 0 Å². The molecule has 32 heavy (non-hydrogen) atoms. The lowest BCUT2D eigenvalue weighted by Gasteiger charge is -2.29. The number of anilines is 1. The zero-order valence-electron chi connectivity index (χ0n) is 18.2. The first kappa shape index (κ1) is 22.9. The third kappa shape index (κ3) is 5.90. The maximum Gasteiger partial charge on any atom is 0.265 e. The van der Waals surface area contributed by atoms with Crippen LogP contribution in [0.15, 0.2) is 42.5 Å². The van der Waals surface area contributed by atoms with Crippen molar-refractivity contribution in [3.8, 4) is 17.2 Å². The number of amides is 3. The average Bonchev–Trinajstić information content (AvgIpc) is 2.81. The highest BCUT2D eigenvalue weighted by Gasteiger charge is 2.25. The van der Waals surface area contributed by atoms with Crippen LogP contribution in [0.2, 0.25) is 0 Å². The summed E-state index contributed by atoms with van der Waals surface area (Å²) in [7, 11) is 1.51. The van der Waals surface area contributed by atoms with Gasteiger partial charge in [-0.15, -0.1) is 0 Å². The largest absolute Gasteiger partial charge is 0.493 e. The standard InChI is InChI=1S/C23H27N3O6/c1-3-24-22(28)14-31-19-9-8-16(12-20(19)30-2)13-25-21(27)10-11-26-17-6-4-5-7-18(17)32-15-23(26)29/h4-9,12H,3,10-11,13-15H2,1-2H3,(H,24,28)(H,25,27). The molecule has 0 aliphatic carbocycles. The first-order valence-electron chi connectivity index (χ1n) is 10.4. The number of hydrogen-bond donors (Lipinski definition) is 2. The van der Waals surface area contributed by atoms with E-state index in [0.29, 0.717) is 36.0 Å². The predicted octanol–water partition coefficient (Wildman–Crippen LogP) is 1.64. The summed E-state index contributed by atoms with van der Waals surface area (Å²) < 4.78 is 16.2. The van der Waals surface area contributed by atoms with Gasteiger partial charge in [0.2, 0.25) is 5.91 Å². The molecular formula is C23H27N3O6. The number of methoxy groups -OCH3 is 1. The van der Waals surface area contributed by atoms with Gasteiger partial charge < -0.3 is 29.7 Å². The number of rotatable bonds is 10. The fourth-order valence-corrected chi connectivity index (χ4v) is 3.23. The molecule has 1 aliphatic rings. The molecule has 0 fully saturated rings. The van der Waals surface area contributed by atoms with Crippen LogP contribution in [0.5, 0.6) is 17.2 Å². The Morgan fingerprint density at radius 2 is 1.91 bits per heavy atom. The second kappa shape index (κ2) is 11.0. The Bertz CT molecular complexity index is 978. The molecule has 0 saturated carbocycles. The number of nitrogens with zero attached hydrogens (tertiary/aromatic N) is 1. The van der Waals surface area contributed by atoms with Crippen molar-refractivity contribution in [3.05, 3.63) is 48.0 Å². The summed E-state index contributed by atoms with van der Waals surface area (Å²) in [5.41, 5.74) is 1.48. The summed E-state index contributed by atoms with van der Waals surface area (Å²) in [6.07, 6.45) is 0.158. The summed E-state index contributed by atoms with van der Waals surface area (Å²) in [4.78, 5) is 37.7. The van der Waals surface area contributed by atoms with Gasteiger partial charge in [-0.2, -0.15) is 0 Å². The van der Waals surface area contributed by atoms with E-state index in [1.54, 1.807) is 35.2 Å². The second-order valence-corrected chi connectivity index (χ2v) is 7.06. The zero-order chi connectivity index (χ0) is 22.9. The first-order chi connectivity index (χ1) is 15.5. The van der Waals surface area contributed by atoms with Gasteiger partial charge in [0.1, 0.15) is 5.75 Å². The fourth-order valence-electron chi connectivity index (χ4n) is 3.23. The minimum Gasteiger partial charge on any atom is -0.493 e. The van der Waals surface area contributed by atoms with Gasteiger partial charge >= 0.3 is 0 Å². The van der Waals surface area contributed by atoms with Gasteiger partial charge in [-0.3, -0.25) is 14.4 Å². The van der Waals surface area contributed by atoms with Crippen LogP contribution < -0.4 is 29.7 Å². The summed E-state index contributed by atoms with van der Waals surface area (Å²) in [5.74, 6) is 0.970. The normalized spacial score (nSPS) is 12.4. The van der Waals surface area contributed by atoms with E-state index in [4.69, 9.17) is 14.2 Å². The van der Waals surface area contributed by atoms with Crippen molar-refractivity contribution in [3.63, 3.8) is 0 Å². The van der Waals surface area contributed by atoms with E-state index in [1.165, 1.54) is 7.11 Å². The molecular weight excluding hydrogens is 414 g/mol. The zero-order valence-corrected chi connectivity index (χ0v) is 18.2. The second-order valence-electron chi connectivity index (χ2n) is 7.06. The van der Waals surface area contributed by atoms with Gasteiger partial charge in [0.05, 0.1) is 12.8 Å². The Kier molecular flexibility index (Phi) is 7.91. The number of carbonyl (C=O) groups excluding carboxylic acids is 3. The number of nitrogens with one attached hydrogen (secondary N) is 2. The average molecular weight is 441 g/mol. The molecule has 0 spiro atoms. The summed E-state index contributed by atoms with van der Waals surface area (Å²) in [6, 6.07) is 12.5. The van der Waals surface area contributed by atoms with Crippen LogP contribution in [0.4, 0.5) is 5.69 Å². The molecule has 1 heterocycles. The number of para-hydroxylation sites is 2. The first-order valence-corrected chi connectivity index (χ1v) is 10.4. The number of carbonyl (C=O) groups is 3.